The van der Waals surface area contributed by atoms with Gasteiger partial charge in [0.25, 0.3) is 0 Å². The summed E-state index contributed by atoms with van der Waals surface area (Å²) in [5.41, 5.74) is 0. The molecule has 1 saturated carbocycles. The van der Waals surface area contributed by atoms with E-state index in [9.17, 15) is 4.79 Å². The van der Waals surface area contributed by atoms with Gasteiger partial charge in [-0.1, -0.05) is 25.7 Å². The highest BCUT2D eigenvalue weighted by Gasteiger charge is 2.21. The molecule has 102 valence electrons. The lowest BCUT2D eigenvalue weighted by atomic mass is 9.84. The molecule has 0 aromatic rings. The normalized spacial score (nSPS) is 23.9. The second-order valence-electron chi connectivity index (χ2n) is 4.61. The first-order valence-electron chi connectivity index (χ1n) is 6.18. The van der Waals surface area contributed by atoms with Crippen LogP contribution in [0.3, 0.4) is 0 Å². The highest BCUT2D eigenvalue weighted by Crippen LogP contribution is 2.29. The molecular formula is C12H24ClNO3. The highest BCUT2D eigenvalue weighted by atomic mass is 35.5. The molecule has 4 nitrogen and oxygen atoms in total. The zero-order chi connectivity index (χ0) is 11.8. The molecule has 0 heterocycles. The van der Waals surface area contributed by atoms with Gasteiger partial charge in [-0.15, -0.1) is 12.4 Å². The van der Waals surface area contributed by atoms with Crippen LogP contribution in [0.5, 0.6) is 0 Å². The lowest BCUT2D eigenvalue weighted by Gasteiger charge is -2.27. The number of halogens is 1. The van der Waals surface area contributed by atoms with Gasteiger partial charge in [-0.25, -0.2) is 5.90 Å². The van der Waals surface area contributed by atoms with Gasteiger partial charge in [0.2, 0.25) is 0 Å². The van der Waals surface area contributed by atoms with Crippen molar-refractivity contribution in [3.05, 3.63) is 0 Å². The van der Waals surface area contributed by atoms with Gasteiger partial charge in [-0.05, 0) is 25.2 Å². The lowest BCUT2D eigenvalue weighted by molar-refractivity contribution is -0.140. The summed E-state index contributed by atoms with van der Waals surface area (Å²) in [6, 6.07) is 0. The maximum atomic E-state index is 10.9. The first-order chi connectivity index (χ1) is 7.76. The molecule has 1 fully saturated rings. The summed E-state index contributed by atoms with van der Waals surface area (Å²) in [6.45, 7) is 0. The SMILES string of the molecule is COC(=O)CCCC[C@H]1CCC[C@H](ON)C1.Cl. The molecule has 2 N–H and O–H groups in total. The van der Waals surface area contributed by atoms with E-state index in [0.29, 0.717) is 6.42 Å². The van der Waals surface area contributed by atoms with Gasteiger partial charge in [0.1, 0.15) is 0 Å². The Kier molecular flexibility index (Phi) is 9.50. The van der Waals surface area contributed by atoms with Crippen LogP contribution in [0.25, 0.3) is 0 Å². The number of hydrogen-bond acceptors (Lipinski definition) is 4. The van der Waals surface area contributed by atoms with E-state index in [2.05, 4.69) is 4.74 Å². The largest absolute Gasteiger partial charge is 0.469 e. The van der Waals surface area contributed by atoms with Crippen molar-refractivity contribution in [1.29, 1.82) is 0 Å². The summed E-state index contributed by atoms with van der Waals surface area (Å²) in [6.07, 6.45) is 8.65. The number of esters is 1. The molecule has 0 aromatic carbocycles. The maximum absolute atomic E-state index is 10.9. The number of ether oxygens (including phenoxy) is 1. The van der Waals surface area contributed by atoms with Crippen LogP contribution in [0, 0.1) is 5.92 Å². The van der Waals surface area contributed by atoms with Crippen molar-refractivity contribution in [1.82, 2.24) is 0 Å². The molecule has 0 saturated heterocycles. The first kappa shape index (κ1) is 16.7. The molecule has 0 spiro atoms. The van der Waals surface area contributed by atoms with Gasteiger partial charge in [-0.2, -0.15) is 0 Å². The number of methoxy groups -OCH3 is 1. The number of rotatable bonds is 6. The van der Waals surface area contributed by atoms with Crippen LogP contribution in [0.15, 0.2) is 0 Å². The van der Waals surface area contributed by atoms with Crippen LogP contribution in [0.4, 0.5) is 0 Å². The third-order valence-corrected chi connectivity index (χ3v) is 3.40. The number of carbonyl (C=O) groups excluding carboxylic acids is 1. The summed E-state index contributed by atoms with van der Waals surface area (Å²) in [4.78, 5) is 15.8. The lowest BCUT2D eigenvalue weighted by Crippen LogP contribution is -2.25. The van der Waals surface area contributed by atoms with Crippen molar-refractivity contribution in [3.63, 3.8) is 0 Å². The molecule has 0 amide bonds. The number of hydrogen-bond donors (Lipinski definition) is 1. The minimum atomic E-state index is -0.105. The van der Waals surface area contributed by atoms with Crippen LogP contribution in [0.1, 0.15) is 51.4 Å². The number of nitrogens with two attached hydrogens (primary N) is 1. The molecule has 0 aliphatic heterocycles. The van der Waals surface area contributed by atoms with Crippen molar-refractivity contribution in [2.45, 2.75) is 57.5 Å². The fourth-order valence-corrected chi connectivity index (χ4v) is 2.43. The molecule has 1 aliphatic rings. The zero-order valence-electron chi connectivity index (χ0n) is 10.5. The van der Waals surface area contributed by atoms with E-state index in [4.69, 9.17) is 10.7 Å². The van der Waals surface area contributed by atoms with Gasteiger partial charge in [0.05, 0.1) is 13.2 Å². The fraction of sp³-hybridized carbons (Fsp3) is 0.917. The minimum Gasteiger partial charge on any atom is -0.469 e. The van der Waals surface area contributed by atoms with E-state index in [1.165, 1.54) is 26.4 Å². The summed E-state index contributed by atoms with van der Waals surface area (Å²) in [5, 5.41) is 0. The summed E-state index contributed by atoms with van der Waals surface area (Å²) < 4.78 is 4.60. The standard InChI is InChI=1S/C12H23NO3.ClH/c1-15-12(14)8-3-2-5-10-6-4-7-11(9-10)16-13;/h10-11H,2-9,13H2,1H3;1H/t10-,11-;/m0./s1. The third-order valence-electron chi connectivity index (χ3n) is 3.40. The number of unbranched alkanes of at least 4 members (excludes halogenated alkanes) is 1. The quantitative estimate of drug-likeness (QED) is 0.456. The Morgan fingerprint density at radius 2 is 2.12 bits per heavy atom. The van der Waals surface area contributed by atoms with Crippen LogP contribution in [-0.4, -0.2) is 19.2 Å². The van der Waals surface area contributed by atoms with Crippen LogP contribution in [-0.2, 0) is 14.4 Å². The smallest absolute Gasteiger partial charge is 0.305 e. The van der Waals surface area contributed by atoms with Crippen molar-refractivity contribution in [2.75, 3.05) is 7.11 Å². The topological polar surface area (TPSA) is 61.5 Å². The predicted molar refractivity (Wildman–Crippen MR) is 68.8 cm³/mol. The molecule has 2 atom stereocenters. The van der Waals surface area contributed by atoms with E-state index in [1.54, 1.807) is 0 Å². The second kappa shape index (κ2) is 9.68. The molecule has 0 bridgehead atoms. The van der Waals surface area contributed by atoms with Crippen molar-refractivity contribution < 1.29 is 14.4 Å². The van der Waals surface area contributed by atoms with Gasteiger partial charge < -0.3 is 9.57 Å². The molecule has 0 radical (unpaired) electrons. The average Bonchev–Trinajstić information content (AvgIpc) is 2.34. The Morgan fingerprint density at radius 3 is 2.76 bits per heavy atom. The third kappa shape index (κ3) is 6.86. The Bertz CT molecular complexity index is 214. The average molecular weight is 266 g/mol. The summed E-state index contributed by atoms with van der Waals surface area (Å²) >= 11 is 0. The van der Waals surface area contributed by atoms with E-state index >= 15 is 0 Å². The molecule has 0 unspecified atom stereocenters. The molecule has 5 heteroatoms. The molecule has 0 aromatic heterocycles. The summed E-state index contributed by atoms with van der Waals surface area (Å²) in [7, 11) is 1.44. The van der Waals surface area contributed by atoms with Crippen LogP contribution >= 0.6 is 12.4 Å². The van der Waals surface area contributed by atoms with E-state index in [0.717, 1.165) is 31.6 Å². The Morgan fingerprint density at radius 1 is 1.35 bits per heavy atom. The monoisotopic (exact) mass is 265 g/mol. The molecule has 1 rings (SSSR count). The maximum Gasteiger partial charge on any atom is 0.305 e. The van der Waals surface area contributed by atoms with Crippen molar-refractivity contribution >= 4 is 18.4 Å². The highest BCUT2D eigenvalue weighted by molar-refractivity contribution is 5.85. The number of carbonyl (C=O) groups is 1. The Balaban J connectivity index is 0.00000256. The zero-order valence-corrected chi connectivity index (χ0v) is 11.3. The minimum absolute atomic E-state index is 0. The first-order valence-corrected chi connectivity index (χ1v) is 6.18. The van der Waals surface area contributed by atoms with Gasteiger partial charge in [-0.3, -0.25) is 4.79 Å². The van der Waals surface area contributed by atoms with Gasteiger partial charge >= 0.3 is 5.97 Å². The van der Waals surface area contributed by atoms with E-state index in [1.807, 2.05) is 0 Å². The van der Waals surface area contributed by atoms with Gasteiger partial charge in [0.15, 0.2) is 0 Å². The predicted octanol–water partition coefficient (Wildman–Crippen LogP) is 2.59. The molecule has 1 aliphatic carbocycles. The summed E-state index contributed by atoms with van der Waals surface area (Å²) in [5.74, 6) is 5.83. The van der Waals surface area contributed by atoms with Crippen molar-refractivity contribution in [3.8, 4) is 0 Å². The van der Waals surface area contributed by atoms with E-state index < -0.39 is 0 Å². The Labute approximate surface area is 110 Å². The second-order valence-corrected chi connectivity index (χ2v) is 4.61. The van der Waals surface area contributed by atoms with Crippen LogP contribution < -0.4 is 5.90 Å². The van der Waals surface area contributed by atoms with Gasteiger partial charge in [0, 0.05) is 6.42 Å². The molecular weight excluding hydrogens is 242 g/mol. The fourth-order valence-electron chi connectivity index (χ4n) is 2.43. The molecule has 17 heavy (non-hydrogen) atoms. The van der Waals surface area contributed by atoms with Crippen molar-refractivity contribution in [2.24, 2.45) is 11.8 Å². The Hall–Kier alpha value is -0.320. The van der Waals surface area contributed by atoms with E-state index in [-0.39, 0.29) is 24.5 Å². The van der Waals surface area contributed by atoms with Crippen LogP contribution in [0.2, 0.25) is 0 Å².